The predicted molar refractivity (Wildman–Crippen MR) is 82.9 cm³/mol. The zero-order valence-corrected chi connectivity index (χ0v) is 12.4. The summed E-state index contributed by atoms with van der Waals surface area (Å²) in [4.78, 5) is 14.5. The first-order valence-electron chi connectivity index (χ1n) is 6.91. The Morgan fingerprint density at radius 3 is 2.57 bits per heavy atom. The van der Waals surface area contributed by atoms with Crippen molar-refractivity contribution in [3.8, 4) is 11.5 Å². The van der Waals surface area contributed by atoms with Gasteiger partial charge in [0.15, 0.2) is 16.6 Å². The number of hydrogen-bond acceptors (Lipinski definition) is 4. The second-order valence-corrected chi connectivity index (χ2v) is 5.30. The molecule has 0 spiro atoms. The van der Waals surface area contributed by atoms with E-state index in [1.165, 1.54) is 0 Å². The van der Waals surface area contributed by atoms with Crippen molar-refractivity contribution in [3.63, 3.8) is 0 Å². The number of amides is 1. The van der Waals surface area contributed by atoms with Crippen molar-refractivity contribution in [1.82, 2.24) is 9.80 Å². The van der Waals surface area contributed by atoms with Crippen molar-refractivity contribution in [3.05, 3.63) is 18.2 Å². The number of carbonyl (C=O) groups is 1. The lowest BCUT2D eigenvalue weighted by atomic mass is 10.2. The highest BCUT2D eigenvalue weighted by Crippen LogP contribution is 2.32. The Balaban J connectivity index is 1.61. The Kier molecular flexibility index (Phi) is 4.10. The molecule has 0 unspecified atom stereocenters. The van der Waals surface area contributed by atoms with Crippen molar-refractivity contribution >= 4 is 29.4 Å². The molecular formula is C14H17N3O3S. The van der Waals surface area contributed by atoms with E-state index < -0.39 is 0 Å². The highest BCUT2D eigenvalue weighted by Gasteiger charge is 2.18. The van der Waals surface area contributed by atoms with E-state index in [4.69, 9.17) is 21.7 Å². The molecule has 0 saturated carbocycles. The Bertz CT molecular complexity index is 544. The largest absolute Gasteiger partial charge is 0.486 e. The third-order valence-corrected chi connectivity index (χ3v) is 3.90. The summed E-state index contributed by atoms with van der Waals surface area (Å²) in [7, 11) is 0. The zero-order chi connectivity index (χ0) is 14.7. The Labute approximate surface area is 128 Å². The monoisotopic (exact) mass is 307 g/mol. The van der Waals surface area contributed by atoms with Crippen LogP contribution < -0.4 is 14.8 Å². The summed E-state index contributed by atoms with van der Waals surface area (Å²) >= 11 is 5.42. The van der Waals surface area contributed by atoms with Crippen molar-refractivity contribution in [1.29, 1.82) is 0 Å². The standard InChI is InChI=1S/C14H17N3O3S/c18-10-16-3-5-17(6-4-16)14(21)15-11-1-2-12-13(9-11)20-8-7-19-12/h1-2,9-10H,3-8H2,(H,15,21). The fourth-order valence-electron chi connectivity index (χ4n) is 2.35. The number of benzene rings is 1. The van der Waals surface area contributed by atoms with Gasteiger partial charge in [-0.25, -0.2) is 0 Å². The molecule has 21 heavy (non-hydrogen) atoms. The molecule has 7 heteroatoms. The molecule has 0 atom stereocenters. The highest BCUT2D eigenvalue weighted by molar-refractivity contribution is 7.80. The number of rotatable bonds is 2. The molecule has 0 aromatic heterocycles. The minimum atomic E-state index is 0.564. The van der Waals surface area contributed by atoms with E-state index in [2.05, 4.69) is 10.2 Å². The van der Waals surface area contributed by atoms with Crippen LogP contribution in [0.5, 0.6) is 11.5 Å². The lowest BCUT2D eigenvalue weighted by Gasteiger charge is -2.34. The predicted octanol–water partition coefficient (Wildman–Crippen LogP) is 0.929. The van der Waals surface area contributed by atoms with E-state index >= 15 is 0 Å². The summed E-state index contributed by atoms with van der Waals surface area (Å²) in [5, 5.41) is 3.87. The zero-order valence-electron chi connectivity index (χ0n) is 11.6. The summed E-state index contributed by atoms with van der Waals surface area (Å²) in [6.07, 6.45) is 0.884. The first-order chi connectivity index (χ1) is 10.3. The van der Waals surface area contributed by atoms with E-state index in [-0.39, 0.29) is 0 Å². The van der Waals surface area contributed by atoms with Crippen molar-refractivity contribution in [2.75, 3.05) is 44.7 Å². The van der Waals surface area contributed by atoms with Crippen LogP contribution in [0.2, 0.25) is 0 Å². The van der Waals surface area contributed by atoms with Gasteiger partial charge in [0.1, 0.15) is 13.2 Å². The molecule has 112 valence electrons. The molecule has 2 aliphatic rings. The van der Waals surface area contributed by atoms with Crippen LogP contribution >= 0.6 is 12.2 Å². The normalized spacial score (nSPS) is 17.3. The highest BCUT2D eigenvalue weighted by atomic mass is 32.1. The van der Waals surface area contributed by atoms with Crippen molar-refractivity contribution in [2.45, 2.75) is 0 Å². The van der Waals surface area contributed by atoms with Crippen molar-refractivity contribution in [2.24, 2.45) is 0 Å². The lowest BCUT2D eigenvalue weighted by molar-refractivity contribution is -0.119. The van der Waals surface area contributed by atoms with Gasteiger partial charge in [-0.1, -0.05) is 0 Å². The van der Waals surface area contributed by atoms with Gasteiger partial charge < -0.3 is 24.6 Å². The lowest BCUT2D eigenvalue weighted by Crippen LogP contribution is -2.49. The molecule has 1 amide bonds. The molecule has 0 radical (unpaired) electrons. The van der Waals surface area contributed by atoms with E-state index in [1.807, 2.05) is 18.2 Å². The fourth-order valence-corrected chi connectivity index (χ4v) is 2.65. The number of piperazine rings is 1. The van der Waals surface area contributed by atoms with Gasteiger partial charge in [-0.2, -0.15) is 0 Å². The second-order valence-electron chi connectivity index (χ2n) is 4.92. The number of ether oxygens (including phenoxy) is 2. The maximum Gasteiger partial charge on any atom is 0.209 e. The first-order valence-corrected chi connectivity index (χ1v) is 7.32. The van der Waals surface area contributed by atoms with Crippen LogP contribution in [0.4, 0.5) is 5.69 Å². The molecule has 1 aromatic carbocycles. The van der Waals surface area contributed by atoms with Crippen LogP contribution in [0.1, 0.15) is 0 Å². The number of nitrogens with one attached hydrogen (secondary N) is 1. The molecule has 2 aliphatic heterocycles. The van der Waals surface area contributed by atoms with Gasteiger partial charge in [0.25, 0.3) is 0 Å². The van der Waals surface area contributed by atoms with Gasteiger partial charge in [0.2, 0.25) is 6.41 Å². The average molecular weight is 307 g/mol. The topological polar surface area (TPSA) is 54.0 Å². The second kappa shape index (κ2) is 6.17. The Morgan fingerprint density at radius 1 is 1.14 bits per heavy atom. The van der Waals surface area contributed by atoms with E-state index in [0.29, 0.717) is 31.4 Å². The Morgan fingerprint density at radius 2 is 1.86 bits per heavy atom. The van der Waals surface area contributed by atoms with Crippen LogP contribution in [-0.2, 0) is 4.79 Å². The maximum absolute atomic E-state index is 10.7. The summed E-state index contributed by atoms with van der Waals surface area (Å²) in [5.74, 6) is 1.50. The molecule has 1 saturated heterocycles. The summed E-state index contributed by atoms with van der Waals surface area (Å²) in [6, 6.07) is 5.69. The van der Waals surface area contributed by atoms with Crippen LogP contribution in [-0.4, -0.2) is 60.7 Å². The number of thiocarbonyl (C=S) groups is 1. The number of nitrogens with zero attached hydrogens (tertiary/aromatic N) is 2. The van der Waals surface area contributed by atoms with Crippen LogP contribution in [0, 0.1) is 0 Å². The van der Waals surface area contributed by atoms with Gasteiger partial charge in [-0.15, -0.1) is 0 Å². The third kappa shape index (κ3) is 3.18. The number of hydrogen-bond donors (Lipinski definition) is 1. The number of carbonyl (C=O) groups excluding carboxylic acids is 1. The summed E-state index contributed by atoms with van der Waals surface area (Å²) in [6.45, 7) is 4.04. The van der Waals surface area contributed by atoms with Gasteiger partial charge in [-0.3, -0.25) is 4.79 Å². The minimum Gasteiger partial charge on any atom is -0.486 e. The molecule has 0 aliphatic carbocycles. The molecule has 6 nitrogen and oxygen atoms in total. The van der Waals surface area contributed by atoms with E-state index in [1.54, 1.807) is 4.90 Å². The third-order valence-electron chi connectivity index (χ3n) is 3.54. The number of fused-ring (bicyclic) bond motifs is 1. The summed E-state index contributed by atoms with van der Waals surface area (Å²) < 4.78 is 11.0. The molecule has 2 heterocycles. The van der Waals surface area contributed by atoms with Crippen LogP contribution in [0.3, 0.4) is 0 Å². The molecular weight excluding hydrogens is 290 g/mol. The quantitative estimate of drug-likeness (QED) is 0.648. The smallest absolute Gasteiger partial charge is 0.209 e. The van der Waals surface area contributed by atoms with Crippen LogP contribution in [0.15, 0.2) is 18.2 Å². The average Bonchev–Trinajstić information content (AvgIpc) is 2.55. The molecule has 1 aromatic rings. The van der Waals surface area contributed by atoms with E-state index in [9.17, 15) is 4.79 Å². The molecule has 1 fully saturated rings. The Hall–Kier alpha value is -2.02. The van der Waals surface area contributed by atoms with E-state index in [0.717, 1.165) is 36.7 Å². The SMILES string of the molecule is O=CN1CCN(C(=S)Nc2ccc3c(c2)OCCO3)CC1. The van der Waals surface area contributed by atoms with Gasteiger partial charge in [-0.05, 0) is 24.4 Å². The maximum atomic E-state index is 10.7. The van der Waals surface area contributed by atoms with Gasteiger partial charge in [0.05, 0.1) is 0 Å². The first kappa shape index (κ1) is 13.9. The van der Waals surface area contributed by atoms with Gasteiger partial charge in [0, 0.05) is 37.9 Å². The fraction of sp³-hybridized carbons (Fsp3) is 0.429. The summed E-state index contributed by atoms with van der Waals surface area (Å²) in [5.41, 5.74) is 0.877. The van der Waals surface area contributed by atoms with Crippen molar-refractivity contribution < 1.29 is 14.3 Å². The molecule has 1 N–H and O–H groups in total. The number of anilines is 1. The van der Waals surface area contributed by atoms with Gasteiger partial charge >= 0.3 is 0 Å². The van der Waals surface area contributed by atoms with Crippen LogP contribution in [0.25, 0.3) is 0 Å². The molecule has 3 rings (SSSR count). The minimum absolute atomic E-state index is 0.564. The molecule has 0 bridgehead atoms.